The zero-order valence-electron chi connectivity index (χ0n) is 8.36. The second-order valence-electron chi connectivity index (χ2n) is 2.84. The van der Waals surface area contributed by atoms with Gasteiger partial charge in [0.05, 0.1) is 0 Å². The van der Waals surface area contributed by atoms with Crippen molar-refractivity contribution < 1.29 is 4.74 Å². The van der Waals surface area contributed by atoms with Gasteiger partial charge in [0, 0.05) is 12.3 Å². The van der Waals surface area contributed by atoms with Gasteiger partial charge in [-0.05, 0) is 25.3 Å². The van der Waals surface area contributed by atoms with Crippen molar-refractivity contribution >= 4 is 0 Å². The lowest BCUT2D eigenvalue weighted by Gasteiger charge is -2.25. The fraction of sp³-hybridized carbons (Fsp3) is 0.545. The van der Waals surface area contributed by atoms with Crippen LogP contribution in [0.25, 0.3) is 0 Å². The van der Waals surface area contributed by atoms with Crippen LogP contribution in [0.2, 0.25) is 0 Å². The summed E-state index contributed by atoms with van der Waals surface area (Å²) in [6.07, 6.45) is 5.88. The number of hydrogen-bond acceptors (Lipinski definition) is 2. The maximum atomic E-state index is 5.54. The Morgan fingerprint density at radius 1 is 1.31 bits per heavy atom. The van der Waals surface area contributed by atoms with Crippen LogP contribution in [0.1, 0.15) is 33.1 Å². The Kier molecular flexibility index (Phi) is 4.30. The highest BCUT2D eigenvalue weighted by atomic mass is 16.5. The van der Waals surface area contributed by atoms with E-state index in [9.17, 15) is 0 Å². The molecule has 1 aliphatic carbocycles. The van der Waals surface area contributed by atoms with Gasteiger partial charge in [-0.2, -0.15) is 0 Å². The van der Waals surface area contributed by atoms with Crippen molar-refractivity contribution in [3.63, 3.8) is 0 Å². The third-order valence-electron chi connectivity index (χ3n) is 1.98. The van der Waals surface area contributed by atoms with Crippen LogP contribution in [-0.2, 0) is 0 Å². The van der Waals surface area contributed by atoms with Gasteiger partial charge in [0.1, 0.15) is 6.10 Å². The molecule has 0 aromatic carbocycles. The molecule has 1 aromatic rings. The minimum absolute atomic E-state index is 0.435. The monoisotopic (exact) mass is 179 g/mol. The first kappa shape index (κ1) is 10.0. The van der Waals surface area contributed by atoms with Crippen LogP contribution in [0, 0.1) is 0 Å². The average molecular weight is 179 g/mol. The van der Waals surface area contributed by atoms with Gasteiger partial charge in [0.2, 0.25) is 5.88 Å². The summed E-state index contributed by atoms with van der Waals surface area (Å²) in [5.41, 5.74) is 0. The summed E-state index contributed by atoms with van der Waals surface area (Å²) in [5.74, 6) is 0.761. The van der Waals surface area contributed by atoms with Gasteiger partial charge >= 0.3 is 0 Å². The number of rotatable bonds is 2. The van der Waals surface area contributed by atoms with Gasteiger partial charge < -0.3 is 4.74 Å². The molecule has 0 saturated heterocycles. The molecule has 1 heterocycles. The van der Waals surface area contributed by atoms with Crippen molar-refractivity contribution in [3.8, 4) is 5.88 Å². The van der Waals surface area contributed by atoms with Crippen molar-refractivity contribution in [1.82, 2.24) is 4.98 Å². The zero-order chi connectivity index (χ0) is 9.52. The Morgan fingerprint density at radius 3 is 2.54 bits per heavy atom. The third kappa shape index (κ3) is 3.05. The van der Waals surface area contributed by atoms with Crippen molar-refractivity contribution in [2.45, 2.75) is 39.2 Å². The third-order valence-corrected chi connectivity index (χ3v) is 1.98. The number of nitrogens with zero attached hydrogens (tertiary/aromatic N) is 1. The van der Waals surface area contributed by atoms with Crippen LogP contribution >= 0.6 is 0 Å². The lowest BCUT2D eigenvalue weighted by atomic mass is 9.96. The molecule has 1 aromatic heterocycles. The smallest absolute Gasteiger partial charge is 0.213 e. The largest absolute Gasteiger partial charge is 0.474 e. The lowest BCUT2D eigenvalue weighted by molar-refractivity contribution is 0.114. The normalized spacial score (nSPS) is 15.2. The molecule has 0 N–H and O–H groups in total. The topological polar surface area (TPSA) is 22.1 Å². The molecule has 0 unspecified atom stereocenters. The van der Waals surface area contributed by atoms with Gasteiger partial charge in [0.15, 0.2) is 0 Å². The Morgan fingerprint density at radius 2 is 2.08 bits per heavy atom. The molecule has 0 bridgehead atoms. The molecule has 0 spiro atoms. The number of hydrogen-bond donors (Lipinski definition) is 0. The van der Waals surface area contributed by atoms with E-state index in [1.54, 1.807) is 6.20 Å². The maximum absolute atomic E-state index is 5.54. The molecule has 1 saturated carbocycles. The molecule has 1 aliphatic rings. The molecule has 0 amide bonds. The predicted octanol–water partition coefficient (Wildman–Crippen LogP) is 3.04. The van der Waals surface area contributed by atoms with E-state index < -0.39 is 0 Å². The average Bonchev–Trinajstić information content (AvgIpc) is 2.17. The van der Waals surface area contributed by atoms with Crippen molar-refractivity contribution in [3.05, 3.63) is 24.4 Å². The van der Waals surface area contributed by atoms with E-state index in [1.165, 1.54) is 19.3 Å². The van der Waals surface area contributed by atoms with Crippen LogP contribution in [0.5, 0.6) is 5.88 Å². The van der Waals surface area contributed by atoms with Crippen LogP contribution in [0.15, 0.2) is 24.4 Å². The van der Waals surface area contributed by atoms with Crippen molar-refractivity contribution in [1.29, 1.82) is 0 Å². The van der Waals surface area contributed by atoms with E-state index in [4.69, 9.17) is 4.74 Å². The zero-order valence-corrected chi connectivity index (χ0v) is 8.36. The fourth-order valence-electron chi connectivity index (χ4n) is 1.08. The van der Waals surface area contributed by atoms with Gasteiger partial charge in [-0.25, -0.2) is 4.98 Å². The number of ether oxygens (including phenoxy) is 1. The predicted molar refractivity (Wildman–Crippen MR) is 53.9 cm³/mol. The molecule has 13 heavy (non-hydrogen) atoms. The van der Waals surface area contributed by atoms with E-state index >= 15 is 0 Å². The lowest BCUT2D eigenvalue weighted by Crippen LogP contribution is -2.24. The van der Waals surface area contributed by atoms with Crippen molar-refractivity contribution in [2.75, 3.05) is 0 Å². The molecule has 2 nitrogen and oxygen atoms in total. The molecule has 0 radical (unpaired) electrons. The Balaban J connectivity index is 0.000000396. The molecule has 0 aliphatic heterocycles. The molecule has 1 fully saturated rings. The Bertz CT molecular complexity index is 219. The minimum atomic E-state index is 0.435. The second kappa shape index (κ2) is 5.57. The first-order chi connectivity index (χ1) is 6.45. The summed E-state index contributed by atoms with van der Waals surface area (Å²) >= 11 is 0. The van der Waals surface area contributed by atoms with Crippen LogP contribution < -0.4 is 4.74 Å². The fourth-order valence-corrected chi connectivity index (χ4v) is 1.08. The highest BCUT2D eigenvalue weighted by molar-refractivity contribution is 5.09. The van der Waals surface area contributed by atoms with Crippen LogP contribution in [0.4, 0.5) is 0 Å². The van der Waals surface area contributed by atoms with Crippen LogP contribution in [-0.4, -0.2) is 11.1 Å². The Labute approximate surface area is 80.0 Å². The van der Waals surface area contributed by atoms with Gasteiger partial charge in [-0.15, -0.1) is 0 Å². The molecule has 2 rings (SSSR count). The molecular weight excluding hydrogens is 162 g/mol. The highest BCUT2D eigenvalue weighted by Crippen LogP contribution is 2.23. The van der Waals surface area contributed by atoms with Gasteiger partial charge in [0.25, 0.3) is 0 Å². The van der Waals surface area contributed by atoms with E-state index in [2.05, 4.69) is 4.98 Å². The number of aromatic nitrogens is 1. The molecule has 0 atom stereocenters. The quantitative estimate of drug-likeness (QED) is 0.696. The van der Waals surface area contributed by atoms with E-state index in [0.717, 1.165) is 5.88 Å². The SMILES string of the molecule is CC.c1ccc(OC2CCC2)nc1. The van der Waals surface area contributed by atoms with E-state index in [0.29, 0.717) is 6.10 Å². The summed E-state index contributed by atoms with van der Waals surface area (Å²) in [5, 5.41) is 0. The van der Waals surface area contributed by atoms with Gasteiger partial charge in [-0.1, -0.05) is 19.9 Å². The summed E-state index contributed by atoms with van der Waals surface area (Å²) in [6.45, 7) is 4.00. The molecular formula is C11H17NO. The first-order valence-electron chi connectivity index (χ1n) is 5.03. The summed E-state index contributed by atoms with van der Waals surface area (Å²) < 4.78 is 5.54. The summed E-state index contributed by atoms with van der Waals surface area (Å²) in [7, 11) is 0. The van der Waals surface area contributed by atoms with Gasteiger partial charge in [-0.3, -0.25) is 0 Å². The van der Waals surface area contributed by atoms with E-state index in [-0.39, 0.29) is 0 Å². The Hall–Kier alpha value is -1.05. The number of pyridine rings is 1. The highest BCUT2D eigenvalue weighted by Gasteiger charge is 2.18. The van der Waals surface area contributed by atoms with Crippen LogP contribution in [0.3, 0.4) is 0 Å². The minimum Gasteiger partial charge on any atom is -0.474 e. The second-order valence-corrected chi connectivity index (χ2v) is 2.84. The summed E-state index contributed by atoms with van der Waals surface area (Å²) in [4.78, 5) is 4.08. The standard InChI is InChI=1S/C9H11NO.C2H6/c1-2-7-10-9(6-1)11-8-4-3-5-8;1-2/h1-2,6-8H,3-5H2;1-2H3. The van der Waals surface area contributed by atoms with Crippen molar-refractivity contribution in [2.24, 2.45) is 0 Å². The molecule has 2 heteroatoms. The first-order valence-corrected chi connectivity index (χ1v) is 5.03. The van der Waals surface area contributed by atoms with E-state index in [1.807, 2.05) is 32.0 Å². The molecule has 72 valence electrons. The maximum Gasteiger partial charge on any atom is 0.213 e. The summed E-state index contributed by atoms with van der Waals surface area (Å²) in [6, 6.07) is 5.74.